The minimum atomic E-state index is 0.0418. The van der Waals surface area contributed by atoms with Crippen LogP contribution in [0.2, 0.25) is 0 Å². The molecule has 0 bridgehead atoms. The Morgan fingerprint density at radius 3 is 2.48 bits per heavy atom. The van der Waals surface area contributed by atoms with Gasteiger partial charge in [0.15, 0.2) is 0 Å². The Bertz CT molecular complexity index is 556. The Kier molecular flexibility index (Phi) is 2.56. The van der Waals surface area contributed by atoms with Crippen LogP contribution in [0.3, 0.4) is 0 Å². The zero-order valence-electron chi connectivity index (χ0n) is 14.4. The Morgan fingerprint density at radius 2 is 1.81 bits per heavy atom. The zero-order chi connectivity index (χ0) is 15.2. The van der Waals surface area contributed by atoms with Gasteiger partial charge in [-0.15, -0.1) is 0 Å². The van der Waals surface area contributed by atoms with Crippen molar-refractivity contribution in [3.8, 4) is 0 Å². The molecule has 0 unspecified atom stereocenters. The van der Waals surface area contributed by atoms with E-state index in [1.165, 1.54) is 25.7 Å². The molecule has 0 amide bonds. The first-order valence-electron chi connectivity index (χ1n) is 8.98. The van der Waals surface area contributed by atoms with Crippen LogP contribution < -0.4 is 0 Å². The van der Waals surface area contributed by atoms with Crippen LogP contribution in [0.25, 0.3) is 0 Å². The van der Waals surface area contributed by atoms with Crippen LogP contribution in [0.5, 0.6) is 0 Å². The summed E-state index contributed by atoms with van der Waals surface area (Å²) >= 11 is 0. The average molecular weight is 286 g/mol. The molecule has 0 aromatic carbocycles. The first kappa shape index (κ1) is 14.0. The van der Waals surface area contributed by atoms with E-state index in [1.807, 2.05) is 5.57 Å². The highest BCUT2D eigenvalue weighted by Gasteiger charge is 2.69. The van der Waals surface area contributed by atoms with Crippen molar-refractivity contribution in [2.75, 3.05) is 0 Å². The van der Waals surface area contributed by atoms with Crippen molar-refractivity contribution in [1.82, 2.24) is 0 Å². The van der Waals surface area contributed by atoms with Crippen molar-refractivity contribution in [1.29, 1.82) is 0 Å². The second-order valence-electron chi connectivity index (χ2n) is 9.61. The van der Waals surface area contributed by atoms with E-state index in [0.29, 0.717) is 29.0 Å². The van der Waals surface area contributed by atoms with Gasteiger partial charge in [-0.25, -0.2) is 0 Å². The van der Waals surface area contributed by atoms with Gasteiger partial charge in [-0.05, 0) is 60.7 Å². The normalized spacial score (nSPS) is 51.8. The third-order valence-electron chi connectivity index (χ3n) is 7.85. The van der Waals surface area contributed by atoms with Gasteiger partial charge in [-0.1, -0.05) is 45.8 Å². The highest BCUT2D eigenvalue weighted by Crippen LogP contribution is 2.74. The molecule has 3 saturated carbocycles. The van der Waals surface area contributed by atoms with Crippen LogP contribution in [0.4, 0.5) is 0 Å². The molecule has 0 aromatic heterocycles. The molecular weight excluding hydrogens is 256 g/mol. The number of carbonyl (C=O) groups excluding carboxylic acids is 1. The minimum absolute atomic E-state index is 0.0418. The van der Waals surface area contributed by atoms with E-state index in [4.69, 9.17) is 0 Å². The van der Waals surface area contributed by atoms with Gasteiger partial charge in [0.25, 0.3) is 0 Å². The lowest BCUT2D eigenvalue weighted by atomic mass is 9.51. The van der Waals surface area contributed by atoms with Crippen LogP contribution in [0, 0.1) is 34.0 Å². The molecule has 5 atom stereocenters. The summed E-state index contributed by atoms with van der Waals surface area (Å²) in [5.74, 6) is 2.62. The van der Waals surface area contributed by atoms with Gasteiger partial charge in [0, 0.05) is 11.8 Å². The molecule has 0 radical (unpaired) electrons. The second kappa shape index (κ2) is 3.84. The van der Waals surface area contributed by atoms with Crippen molar-refractivity contribution in [2.45, 2.75) is 73.1 Å². The topological polar surface area (TPSA) is 17.1 Å². The quantitative estimate of drug-likeness (QED) is 0.609. The fraction of sp³-hybridized carbons (Fsp3) is 0.850. The standard InChI is InChI=1S/C20H30O/c1-12(2)13-6-7-18(3)8-9-19(4)11-15(21)20(5)10-14(20)17(19)16(13)18/h12,14,17H,6-11H2,1-5H3/t14-,17+,18+,19-,20-/m0/s1. The molecule has 0 N–H and O–H groups in total. The lowest BCUT2D eigenvalue weighted by molar-refractivity contribution is -0.132. The number of Topliss-reactive ketones (excluding diaryl/α,β-unsaturated/α-hetero) is 1. The van der Waals surface area contributed by atoms with E-state index in [-0.39, 0.29) is 10.8 Å². The Morgan fingerprint density at radius 1 is 1.10 bits per heavy atom. The molecule has 4 rings (SSSR count). The van der Waals surface area contributed by atoms with Crippen molar-refractivity contribution >= 4 is 5.78 Å². The van der Waals surface area contributed by atoms with Crippen molar-refractivity contribution in [3.63, 3.8) is 0 Å². The number of carbonyl (C=O) groups is 1. The summed E-state index contributed by atoms with van der Waals surface area (Å²) in [6.45, 7) is 11.9. The average Bonchev–Trinajstić information content (AvgIpc) is 2.95. The number of hydrogen-bond donors (Lipinski definition) is 0. The van der Waals surface area contributed by atoms with Crippen LogP contribution in [0.15, 0.2) is 11.1 Å². The Hall–Kier alpha value is -0.590. The van der Waals surface area contributed by atoms with Crippen LogP contribution in [-0.2, 0) is 4.79 Å². The van der Waals surface area contributed by atoms with Crippen LogP contribution in [-0.4, -0.2) is 5.78 Å². The van der Waals surface area contributed by atoms with E-state index < -0.39 is 0 Å². The first-order chi connectivity index (χ1) is 9.71. The smallest absolute Gasteiger partial charge is 0.139 e. The molecule has 0 spiro atoms. The maximum Gasteiger partial charge on any atom is 0.139 e. The number of rotatable bonds is 1. The summed E-state index contributed by atoms with van der Waals surface area (Å²) in [5, 5.41) is 0. The Labute approximate surface area is 129 Å². The van der Waals surface area contributed by atoms with Crippen molar-refractivity contribution in [2.24, 2.45) is 34.0 Å². The largest absolute Gasteiger partial charge is 0.299 e. The molecular formula is C20H30O. The molecule has 3 fully saturated rings. The van der Waals surface area contributed by atoms with Gasteiger partial charge < -0.3 is 0 Å². The maximum absolute atomic E-state index is 12.6. The minimum Gasteiger partial charge on any atom is -0.299 e. The highest BCUT2D eigenvalue weighted by molar-refractivity contribution is 5.90. The van der Waals surface area contributed by atoms with Gasteiger partial charge in [-0.3, -0.25) is 4.79 Å². The first-order valence-corrected chi connectivity index (χ1v) is 8.98. The third-order valence-corrected chi connectivity index (χ3v) is 7.85. The number of hydrogen-bond acceptors (Lipinski definition) is 1. The predicted molar refractivity (Wildman–Crippen MR) is 85.9 cm³/mol. The number of ketones is 1. The molecule has 1 heteroatoms. The van der Waals surface area contributed by atoms with E-state index in [2.05, 4.69) is 34.6 Å². The molecule has 0 aliphatic heterocycles. The molecule has 0 saturated heterocycles. The van der Waals surface area contributed by atoms with E-state index in [9.17, 15) is 4.79 Å². The number of fused-ring (bicyclic) bond motifs is 5. The predicted octanol–water partition coefficient (Wildman–Crippen LogP) is 5.15. The zero-order valence-corrected chi connectivity index (χ0v) is 14.4. The van der Waals surface area contributed by atoms with Crippen molar-refractivity contribution in [3.05, 3.63) is 11.1 Å². The monoisotopic (exact) mass is 286 g/mol. The molecule has 4 aliphatic carbocycles. The summed E-state index contributed by atoms with van der Waals surface area (Å²) in [7, 11) is 0. The molecule has 21 heavy (non-hydrogen) atoms. The van der Waals surface area contributed by atoms with E-state index in [1.54, 1.807) is 5.57 Å². The van der Waals surface area contributed by atoms with E-state index in [0.717, 1.165) is 12.8 Å². The summed E-state index contributed by atoms with van der Waals surface area (Å²) in [6, 6.07) is 0. The summed E-state index contributed by atoms with van der Waals surface area (Å²) in [4.78, 5) is 12.6. The van der Waals surface area contributed by atoms with Gasteiger partial charge in [0.2, 0.25) is 0 Å². The van der Waals surface area contributed by atoms with Crippen LogP contribution >= 0.6 is 0 Å². The fourth-order valence-corrected chi connectivity index (χ4v) is 6.23. The Balaban J connectivity index is 1.86. The highest BCUT2D eigenvalue weighted by atomic mass is 16.1. The summed E-state index contributed by atoms with van der Waals surface area (Å²) in [5.41, 5.74) is 4.34. The molecule has 0 aromatic rings. The SMILES string of the molecule is CC(C)C1=C2[C@H]3[C@@H]4C[C@]4(C)C(=O)C[C@]3(C)CC[C@@]2(C)CC1. The van der Waals surface area contributed by atoms with E-state index >= 15 is 0 Å². The van der Waals surface area contributed by atoms with Gasteiger partial charge in [-0.2, -0.15) is 0 Å². The third kappa shape index (κ3) is 1.61. The maximum atomic E-state index is 12.6. The molecule has 4 aliphatic rings. The number of allylic oxidation sites excluding steroid dienone is 2. The van der Waals surface area contributed by atoms with Gasteiger partial charge >= 0.3 is 0 Å². The fourth-order valence-electron chi connectivity index (χ4n) is 6.23. The summed E-state index contributed by atoms with van der Waals surface area (Å²) < 4.78 is 0. The van der Waals surface area contributed by atoms with Gasteiger partial charge in [0.1, 0.15) is 5.78 Å². The molecule has 1 nitrogen and oxygen atoms in total. The van der Waals surface area contributed by atoms with Crippen LogP contribution in [0.1, 0.15) is 73.1 Å². The molecule has 0 heterocycles. The molecule has 116 valence electrons. The van der Waals surface area contributed by atoms with Gasteiger partial charge in [0.05, 0.1) is 0 Å². The second-order valence-corrected chi connectivity index (χ2v) is 9.61. The van der Waals surface area contributed by atoms with Crippen molar-refractivity contribution < 1.29 is 4.79 Å². The lowest BCUT2D eigenvalue weighted by Crippen LogP contribution is -2.47. The lowest BCUT2D eigenvalue weighted by Gasteiger charge is -2.53. The summed E-state index contributed by atoms with van der Waals surface area (Å²) in [6.07, 6.45) is 7.25.